The van der Waals surface area contributed by atoms with Crippen LogP contribution in [0.1, 0.15) is 63.7 Å². The van der Waals surface area contributed by atoms with Crippen LogP contribution in [0, 0.1) is 27.7 Å². The summed E-state index contributed by atoms with van der Waals surface area (Å²) in [5.74, 6) is -6.44. The van der Waals surface area contributed by atoms with E-state index in [9.17, 15) is 39.6 Å². The fourth-order valence-electron chi connectivity index (χ4n) is 3.24. The summed E-state index contributed by atoms with van der Waals surface area (Å²) in [5.41, 5.74) is 2.47. The van der Waals surface area contributed by atoms with Crippen molar-refractivity contribution in [3.05, 3.63) is 117 Å². The van der Waals surface area contributed by atoms with E-state index >= 15 is 0 Å². The molecule has 0 aliphatic carbocycles. The molecule has 0 atom stereocenters. The van der Waals surface area contributed by atoms with Crippen LogP contribution in [-0.2, 0) is 21.7 Å². The zero-order valence-electron chi connectivity index (χ0n) is 24.5. The normalized spacial score (nSPS) is 9.33. The number of aromatic carboxylic acids is 4. The Morgan fingerprint density at radius 3 is 0.667 bits per heavy atom. The largest absolute Gasteiger partial charge is 4.00 e. The zero-order chi connectivity index (χ0) is 33.7. The van der Waals surface area contributed by atoms with Crippen molar-refractivity contribution in [1.29, 1.82) is 0 Å². The summed E-state index contributed by atoms with van der Waals surface area (Å²) in [7, 11) is 0. The number of hydrogen-bond donors (Lipinski definition) is 4. The molecule has 232 valence electrons. The molecule has 13 heteroatoms. The van der Waals surface area contributed by atoms with E-state index < -0.39 is 46.9 Å². The van der Waals surface area contributed by atoms with Crippen LogP contribution in [0.5, 0.6) is 23.0 Å². The molecule has 0 amide bonds. The topological polar surface area (TPSA) is 241 Å². The molecular formula is C32H28O12Ti. The monoisotopic (exact) mass is 652 g/mol. The molecule has 0 heterocycles. The van der Waals surface area contributed by atoms with Crippen LogP contribution in [0.15, 0.2) is 72.8 Å². The number of rotatable bonds is 4. The molecular weight excluding hydrogens is 624 g/mol. The second-order valence-corrected chi connectivity index (χ2v) is 9.22. The molecule has 4 N–H and O–H groups in total. The average molecular weight is 652 g/mol. The van der Waals surface area contributed by atoms with E-state index in [1.165, 1.54) is 48.5 Å². The van der Waals surface area contributed by atoms with Crippen molar-refractivity contribution in [3.63, 3.8) is 0 Å². The number of benzene rings is 4. The first-order valence-electron chi connectivity index (χ1n) is 12.5. The molecule has 45 heavy (non-hydrogen) atoms. The molecule has 4 aromatic carbocycles. The van der Waals surface area contributed by atoms with Gasteiger partial charge in [0.05, 0.1) is 22.3 Å². The van der Waals surface area contributed by atoms with Gasteiger partial charge in [-0.25, -0.2) is 19.2 Å². The Hall–Kier alpha value is -5.33. The molecule has 0 fully saturated rings. The average Bonchev–Trinajstić information content (AvgIpc) is 2.94. The molecule has 4 rings (SSSR count). The molecule has 0 aliphatic rings. The minimum Gasteiger partial charge on any atom is -0.872 e. The number of carboxylic acid groups (broad SMARTS) is 4. The van der Waals surface area contributed by atoms with E-state index in [-0.39, 0.29) is 44.0 Å². The van der Waals surface area contributed by atoms with Gasteiger partial charge in [-0.15, -0.1) is 0 Å². The summed E-state index contributed by atoms with van der Waals surface area (Å²) in [6.07, 6.45) is 0. The van der Waals surface area contributed by atoms with E-state index in [2.05, 4.69) is 0 Å². The van der Waals surface area contributed by atoms with Gasteiger partial charge in [0.15, 0.2) is 0 Å². The Bertz CT molecular complexity index is 1420. The number of aryl methyl sites for hydroxylation is 4. The van der Waals surface area contributed by atoms with Crippen molar-refractivity contribution >= 4 is 23.9 Å². The Morgan fingerprint density at radius 2 is 0.556 bits per heavy atom. The molecule has 0 bridgehead atoms. The van der Waals surface area contributed by atoms with Gasteiger partial charge >= 0.3 is 45.6 Å². The SMILES string of the molecule is Cc1ccc([O-])c(C(=O)O)c1.Cc1ccc([O-])c(C(=O)O)c1.Cc1ccc([O-])c(C(=O)O)c1.Cc1ccc([O-])c(C(=O)O)c1.[Ti+4]. The molecule has 0 radical (unpaired) electrons. The first-order valence-corrected chi connectivity index (χ1v) is 12.5. The molecule has 0 aromatic heterocycles. The van der Waals surface area contributed by atoms with Crippen LogP contribution in [0.2, 0.25) is 0 Å². The van der Waals surface area contributed by atoms with Gasteiger partial charge in [0.1, 0.15) is 0 Å². The van der Waals surface area contributed by atoms with Crippen LogP contribution in [-0.4, -0.2) is 44.3 Å². The van der Waals surface area contributed by atoms with Crippen molar-refractivity contribution in [1.82, 2.24) is 0 Å². The molecule has 12 nitrogen and oxygen atoms in total. The van der Waals surface area contributed by atoms with Crippen LogP contribution < -0.4 is 20.4 Å². The van der Waals surface area contributed by atoms with Crippen molar-refractivity contribution in [2.75, 3.05) is 0 Å². The maximum absolute atomic E-state index is 10.8. The van der Waals surface area contributed by atoms with E-state index in [0.717, 1.165) is 22.3 Å². The van der Waals surface area contributed by atoms with Crippen molar-refractivity contribution in [2.45, 2.75) is 27.7 Å². The van der Waals surface area contributed by atoms with Gasteiger partial charge < -0.3 is 40.9 Å². The van der Waals surface area contributed by atoms with E-state index in [1.54, 1.807) is 52.0 Å². The second kappa shape index (κ2) is 18.4. The maximum atomic E-state index is 10.8. The number of carbonyl (C=O) groups is 4. The molecule has 0 saturated carbocycles. The third-order valence-electron chi connectivity index (χ3n) is 5.46. The van der Waals surface area contributed by atoms with Crippen molar-refractivity contribution < 1.29 is 81.7 Å². The van der Waals surface area contributed by atoms with Crippen LogP contribution in [0.25, 0.3) is 0 Å². The first-order chi connectivity index (χ1) is 20.4. The van der Waals surface area contributed by atoms with Crippen molar-refractivity contribution in [2.24, 2.45) is 0 Å². The van der Waals surface area contributed by atoms with Gasteiger partial charge in [0, 0.05) is 0 Å². The van der Waals surface area contributed by atoms with Gasteiger partial charge in [-0.1, -0.05) is 93.8 Å². The minimum absolute atomic E-state index is 0. The molecule has 0 aliphatic heterocycles. The van der Waals surface area contributed by atoms with E-state index in [0.29, 0.717) is 0 Å². The third-order valence-corrected chi connectivity index (χ3v) is 5.46. The van der Waals surface area contributed by atoms with Gasteiger partial charge in [-0.3, -0.25) is 0 Å². The molecule has 0 unspecified atom stereocenters. The molecule has 4 aromatic rings. The van der Waals surface area contributed by atoms with Gasteiger partial charge in [-0.2, -0.15) is 0 Å². The fourth-order valence-corrected chi connectivity index (χ4v) is 3.24. The number of carboxylic acids is 4. The van der Waals surface area contributed by atoms with E-state index in [1.807, 2.05) is 0 Å². The third kappa shape index (κ3) is 13.2. The maximum Gasteiger partial charge on any atom is 4.00 e. The summed E-state index contributed by atoms with van der Waals surface area (Å²) in [4.78, 5) is 41.5. The zero-order valence-corrected chi connectivity index (χ0v) is 26.0. The van der Waals surface area contributed by atoms with Gasteiger partial charge in [-0.05, 0) is 52.0 Å². The predicted molar refractivity (Wildman–Crippen MR) is 150 cm³/mol. The number of hydrogen-bond acceptors (Lipinski definition) is 8. The summed E-state index contributed by atoms with van der Waals surface area (Å²) >= 11 is 0. The Morgan fingerprint density at radius 1 is 0.400 bits per heavy atom. The Balaban J connectivity index is 0.000000569. The van der Waals surface area contributed by atoms with Crippen LogP contribution >= 0.6 is 0 Å². The fraction of sp³-hybridized carbons (Fsp3) is 0.125. The molecule has 0 spiro atoms. The molecule has 0 saturated heterocycles. The van der Waals surface area contributed by atoms with Crippen LogP contribution in [0.3, 0.4) is 0 Å². The quantitative estimate of drug-likeness (QED) is 0.233. The summed E-state index contributed by atoms with van der Waals surface area (Å²) in [5, 5.41) is 77.3. The Labute approximate surface area is 273 Å². The van der Waals surface area contributed by atoms with Gasteiger partial charge in [0.2, 0.25) is 0 Å². The minimum atomic E-state index is -1.17. The standard InChI is InChI=1S/4C8H8O3.Ti/c4*1-5-2-3-7(9)6(4-5)8(10)11;/h4*2-4,9H,1H3,(H,10,11);/q;;;;+4/p-4. The summed E-state index contributed by atoms with van der Waals surface area (Å²) in [6, 6.07) is 16.9. The van der Waals surface area contributed by atoms with Gasteiger partial charge in [0.25, 0.3) is 0 Å². The van der Waals surface area contributed by atoms with E-state index in [4.69, 9.17) is 20.4 Å². The van der Waals surface area contributed by atoms with Crippen LogP contribution in [0.4, 0.5) is 0 Å². The summed E-state index contributed by atoms with van der Waals surface area (Å²) in [6.45, 7) is 6.97. The Kier molecular flexibility index (Phi) is 16.2. The first kappa shape index (κ1) is 39.7. The summed E-state index contributed by atoms with van der Waals surface area (Å²) < 4.78 is 0. The predicted octanol–water partition coefficient (Wildman–Crippen LogP) is 3.06. The van der Waals surface area contributed by atoms with Crippen molar-refractivity contribution in [3.8, 4) is 23.0 Å². The smallest absolute Gasteiger partial charge is 0.872 e. The second-order valence-electron chi connectivity index (χ2n) is 9.22.